The first-order chi connectivity index (χ1) is 7.11. The van der Waals surface area contributed by atoms with Crippen LogP contribution in [0.15, 0.2) is 18.2 Å². The molecule has 5 heteroatoms. The van der Waals surface area contributed by atoms with Gasteiger partial charge in [-0.1, -0.05) is 35.3 Å². The molecule has 0 saturated carbocycles. The predicted molar refractivity (Wildman–Crippen MR) is 61.2 cm³/mol. The molecule has 0 aliphatic rings. The van der Waals surface area contributed by atoms with Crippen LogP contribution in [0.5, 0.6) is 0 Å². The largest absolute Gasteiger partial charge is 0.348 e. The van der Waals surface area contributed by atoms with Crippen LogP contribution in [-0.4, -0.2) is 20.8 Å². The van der Waals surface area contributed by atoms with Gasteiger partial charge in [0, 0.05) is 19.8 Å². The molecule has 0 aliphatic carbocycles. The number of hydrogen-bond acceptors (Lipinski definition) is 3. The van der Waals surface area contributed by atoms with Crippen molar-refractivity contribution in [1.82, 2.24) is 0 Å². The quantitative estimate of drug-likeness (QED) is 0.834. The van der Waals surface area contributed by atoms with E-state index in [0.29, 0.717) is 15.6 Å². The normalized spacial score (nSPS) is 11.8. The summed E-state index contributed by atoms with van der Waals surface area (Å²) in [4.78, 5) is 0. The van der Waals surface area contributed by atoms with Crippen molar-refractivity contribution >= 4 is 23.2 Å². The Bertz CT molecular complexity index is 332. The van der Waals surface area contributed by atoms with E-state index in [-0.39, 0.29) is 6.54 Å². The minimum absolute atomic E-state index is 0.153. The third-order valence-corrected chi connectivity index (χ3v) is 3.11. The van der Waals surface area contributed by atoms with E-state index in [9.17, 15) is 0 Å². The molecule has 0 radical (unpaired) electrons. The number of hydrogen-bond donors (Lipinski definition) is 1. The number of ether oxygens (including phenoxy) is 2. The lowest BCUT2D eigenvalue weighted by Crippen LogP contribution is -2.39. The second-order valence-corrected chi connectivity index (χ2v) is 3.75. The van der Waals surface area contributed by atoms with Gasteiger partial charge in [-0.3, -0.25) is 0 Å². The first kappa shape index (κ1) is 12.7. The molecule has 0 heterocycles. The topological polar surface area (TPSA) is 44.5 Å². The Balaban J connectivity index is 3.28. The fourth-order valence-corrected chi connectivity index (χ4v) is 1.82. The number of halogens is 2. The summed E-state index contributed by atoms with van der Waals surface area (Å²) in [5.74, 6) is -1.04. The number of nitrogens with two attached hydrogens (primary N) is 1. The molecular formula is C10H13Cl2NO2. The van der Waals surface area contributed by atoms with Crippen LogP contribution in [0.1, 0.15) is 5.56 Å². The number of methoxy groups -OCH3 is 2. The molecule has 0 saturated heterocycles. The average Bonchev–Trinajstić information content (AvgIpc) is 2.27. The average molecular weight is 250 g/mol. The van der Waals surface area contributed by atoms with Crippen molar-refractivity contribution in [2.75, 3.05) is 20.8 Å². The first-order valence-corrected chi connectivity index (χ1v) is 5.11. The summed E-state index contributed by atoms with van der Waals surface area (Å²) < 4.78 is 10.5. The zero-order valence-electron chi connectivity index (χ0n) is 8.59. The van der Waals surface area contributed by atoms with Crippen LogP contribution in [-0.2, 0) is 15.3 Å². The molecule has 0 unspecified atom stereocenters. The summed E-state index contributed by atoms with van der Waals surface area (Å²) in [6.45, 7) is 0.153. The van der Waals surface area contributed by atoms with Crippen LogP contribution >= 0.6 is 23.2 Å². The summed E-state index contributed by atoms with van der Waals surface area (Å²) in [7, 11) is 3.02. The van der Waals surface area contributed by atoms with Crippen LogP contribution < -0.4 is 5.73 Å². The third kappa shape index (κ3) is 2.27. The molecular weight excluding hydrogens is 237 g/mol. The van der Waals surface area contributed by atoms with Crippen molar-refractivity contribution in [2.45, 2.75) is 5.79 Å². The van der Waals surface area contributed by atoms with Gasteiger partial charge in [0.25, 0.3) is 0 Å². The molecule has 0 aliphatic heterocycles. The van der Waals surface area contributed by atoms with Crippen LogP contribution in [0.4, 0.5) is 0 Å². The highest BCUT2D eigenvalue weighted by atomic mass is 35.5. The van der Waals surface area contributed by atoms with E-state index in [1.54, 1.807) is 18.2 Å². The van der Waals surface area contributed by atoms with Gasteiger partial charge in [-0.2, -0.15) is 0 Å². The standard InChI is InChI=1S/C10H13Cl2NO2/c1-14-10(6-13,15-2)7-4-3-5-8(11)9(7)12/h3-5H,6,13H2,1-2H3. The fourth-order valence-electron chi connectivity index (χ4n) is 1.38. The second-order valence-electron chi connectivity index (χ2n) is 2.97. The SMILES string of the molecule is COC(CN)(OC)c1cccc(Cl)c1Cl. The summed E-state index contributed by atoms with van der Waals surface area (Å²) >= 11 is 12.0. The molecule has 2 N–H and O–H groups in total. The van der Waals surface area contributed by atoms with Crippen molar-refractivity contribution in [2.24, 2.45) is 5.73 Å². The Labute approximate surface area is 99.1 Å². The summed E-state index contributed by atoms with van der Waals surface area (Å²) in [5.41, 5.74) is 6.26. The number of rotatable bonds is 4. The van der Waals surface area contributed by atoms with Crippen LogP contribution in [0.2, 0.25) is 10.0 Å². The highest BCUT2D eigenvalue weighted by molar-refractivity contribution is 6.42. The van der Waals surface area contributed by atoms with Crippen LogP contribution in [0.3, 0.4) is 0 Å². The minimum Gasteiger partial charge on any atom is -0.348 e. The van der Waals surface area contributed by atoms with Crippen molar-refractivity contribution < 1.29 is 9.47 Å². The zero-order chi connectivity index (χ0) is 11.5. The Morgan fingerprint density at radius 1 is 1.27 bits per heavy atom. The Morgan fingerprint density at radius 2 is 1.87 bits per heavy atom. The Morgan fingerprint density at radius 3 is 2.33 bits per heavy atom. The maximum absolute atomic E-state index is 6.07. The van der Waals surface area contributed by atoms with E-state index in [4.69, 9.17) is 38.4 Å². The highest BCUT2D eigenvalue weighted by Gasteiger charge is 2.33. The van der Waals surface area contributed by atoms with E-state index < -0.39 is 5.79 Å². The zero-order valence-corrected chi connectivity index (χ0v) is 10.1. The molecule has 84 valence electrons. The Hall–Kier alpha value is -0.320. The van der Waals surface area contributed by atoms with Crippen molar-refractivity contribution in [1.29, 1.82) is 0 Å². The summed E-state index contributed by atoms with van der Waals surface area (Å²) in [5, 5.41) is 0.842. The fraction of sp³-hybridized carbons (Fsp3) is 0.400. The van der Waals surface area contributed by atoms with Crippen molar-refractivity contribution in [3.05, 3.63) is 33.8 Å². The van der Waals surface area contributed by atoms with E-state index in [1.807, 2.05) is 0 Å². The lowest BCUT2D eigenvalue weighted by Gasteiger charge is -2.30. The molecule has 1 rings (SSSR count). The third-order valence-electron chi connectivity index (χ3n) is 2.29. The molecule has 3 nitrogen and oxygen atoms in total. The first-order valence-electron chi connectivity index (χ1n) is 4.36. The van der Waals surface area contributed by atoms with Crippen molar-refractivity contribution in [3.8, 4) is 0 Å². The van der Waals surface area contributed by atoms with Gasteiger partial charge in [-0.05, 0) is 6.07 Å². The van der Waals surface area contributed by atoms with E-state index >= 15 is 0 Å². The van der Waals surface area contributed by atoms with Crippen LogP contribution in [0.25, 0.3) is 0 Å². The molecule has 0 aromatic heterocycles. The molecule has 1 aromatic carbocycles. The van der Waals surface area contributed by atoms with E-state index in [2.05, 4.69) is 0 Å². The van der Waals surface area contributed by atoms with Gasteiger partial charge in [0.2, 0.25) is 5.79 Å². The molecule has 0 fully saturated rings. The van der Waals surface area contributed by atoms with Gasteiger partial charge >= 0.3 is 0 Å². The highest BCUT2D eigenvalue weighted by Crippen LogP contribution is 2.35. The monoisotopic (exact) mass is 249 g/mol. The van der Waals surface area contributed by atoms with Gasteiger partial charge in [-0.15, -0.1) is 0 Å². The van der Waals surface area contributed by atoms with Gasteiger partial charge in [0.05, 0.1) is 16.6 Å². The van der Waals surface area contributed by atoms with E-state index in [1.165, 1.54) is 14.2 Å². The molecule has 0 spiro atoms. The maximum atomic E-state index is 6.07. The summed E-state index contributed by atoms with van der Waals surface area (Å²) in [6, 6.07) is 5.24. The summed E-state index contributed by atoms with van der Waals surface area (Å²) in [6.07, 6.45) is 0. The Kier molecular flexibility index (Phi) is 4.37. The second kappa shape index (κ2) is 5.14. The van der Waals surface area contributed by atoms with Crippen LogP contribution in [0, 0.1) is 0 Å². The smallest absolute Gasteiger partial charge is 0.208 e. The number of benzene rings is 1. The molecule has 15 heavy (non-hydrogen) atoms. The molecule has 1 aromatic rings. The van der Waals surface area contributed by atoms with Gasteiger partial charge in [0.15, 0.2) is 0 Å². The molecule has 0 atom stereocenters. The van der Waals surface area contributed by atoms with Crippen molar-refractivity contribution in [3.63, 3.8) is 0 Å². The predicted octanol–water partition coefficient (Wildman–Crippen LogP) is 2.40. The molecule has 0 bridgehead atoms. The minimum atomic E-state index is -1.04. The maximum Gasteiger partial charge on any atom is 0.208 e. The lowest BCUT2D eigenvalue weighted by atomic mass is 10.1. The van der Waals surface area contributed by atoms with Gasteiger partial charge in [0.1, 0.15) is 0 Å². The van der Waals surface area contributed by atoms with E-state index in [0.717, 1.165) is 0 Å². The molecule has 0 amide bonds. The lowest BCUT2D eigenvalue weighted by molar-refractivity contribution is -0.207. The van der Waals surface area contributed by atoms with Gasteiger partial charge in [-0.25, -0.2) is 0 Å². The van der Waals surface area contributed by atoms with Gasteiger partial charge < -0.3 is 15.2 Å².